The number of rotatable bonds is 4. The number of hydrogen-bond donors (Lipinski definition) is 0. The molecule has 154 valence electrons. The molecule has 29 heavy (non-hydrogen) atoms. The van der Waals surface area contributed by atoms with Crippen LogP contribution in [0.25, 0.3) is 11.3 Å². The van der Waals surface area contributed by atoms with Crippen LogP contribution in [0.4, 0.5) is 10.2 Å². The van der Waals surface area contributed by atoms with Crippen molar-refractivity contribution in [3.05, 3.63) is 23.6 Å². The summed E-state index contributed by atoms with van der Waals surface area (Å²) in [5.74, 6) is -0.334. The smallest absolute Gasteiger partial charge is 0.345 e. The first-order chi connectivity index (χ1) is 14.0. The van der Waals surface area contributed by atoms with Gasteiger partial charge in [0.1, 0.15) is 17.1 Å². The molecule has 0 aliphatic carbocycles. The Morgan fingerprint density at radius 1 is 1.41 bits per heavy atom. The highest BCUT2D eigenvalue weighted by Crippen LogP contribution is 2.37. The molecule has 2 aromatic rings. The van der Waals surface area contributed by atoms with E-state index >= 15 is 4.39 Å². The van der Waals surface area contributed by atoms with E-state index in [4.69, 9.17) is 14.2 Å². The van der Waals surface area contributed by atoms with E-state index in [0.29, 0.717) is 24.8 Å². The van der Waals surface area contributed by atoms with Gasteiger partial charge in [0.25, 0.3) is 0 Å². The molecule has 0 aromatic carbocycles. The fourth-order valence-electron chi connectivity index (χ4n) is 4.29. The molecular weight excluding hydrogens is 379 g/mol. The molecule has 3 aliphatic heterocycles. The van der Waals surface area contributed by atoms with Gasteiger partial charge in [-0.15, -0.1) is 0 Å². The second-order valence-corrected chi connectivity index (χ2v) is 7.69. The van der Waals surface area contributed by atoms with Crippen LogP contribution in [0.5, 0.6) is 5.88 Å². The van der Waals surface area contributed by atoms with Crippen LogP contribution in [-0.4, -0.2) is 58.7 Å². The van der Waals surface area contributed by atoms with Gasteiger partial charge in [-0.1, -0.05) is 0 Å². The van der Waals surface area contributed by atoms with E-state index in [2.05, 4.69) is 15.0 Å². The number of hydrogen-bond acceptors (Lipinski definition) is 7. The molecule has 2 saturated heterocycles. The first-order valence-corrected chi connectivity index (χ1v) is 10.0. The molecule has 9 heteroatoms. The zero-order chi connectivity index (χ0) is 20.1. The lowest BCUT2D eigenvalue weighted by atomic mass is 10.1. The van der Waals surface area contributed by atoms with Crippen LogP contribution in [0.3, 0.4) is 0 Å². The lowest BCUT2D eigenvalue weighted by Gasteiger charge is -2.27. The minimum Gasteiger partial charge on any atom is -0.474 e. The van der Waals surface area contributed by atoms with Gasteiger partial charge in [0.05, 0.1) is 37.0 Å². The highest BCUT2D eigenvalue weighted by atomic mass is 19.1. The maximum Gasteiger partial charge on any atom is 0.345 e. The van der Waals surface area contributed by atoms with Crippen molar-refractivity contribution in [1.82, 2.24) is 14.8 Å². The molecule has 3 atom stereocenters. The Balaban J connectivity index is 1.54. The molecule has 5 heterocycles. The Morgan fingerprint density at radius 3 is 2.97 bits per heavy atom. The molecule has 0 amide bonds. The van der Waals surface area contributed by atoms with Crippen LogP contribution in [0.2, 0.25) is 0 Å². The number of esters is 1. The average Bonchev–Trinajstić information content (AvgIpc) is 3.41. The van der Waals surface area contributed by atoms with E-state index in [-0.39, 0.29) is 41.7 Å². The van der Waals surface area contributed by atoms with Crippen LogP contribution in [0.1, 0.15) is 37.0 Å². The molecule has 0 N–H and O–H groups in total. The summed E-state index contributed by atoms with van der Waals surface area (Å²) in [6.45, 7) is 5.81. The number of anilines is 1. The largest absolute Gasteiger partial charge is 0.474 e. The van der Waals surface area contributed by atoms with Crippen molar-refractivity contribution < 1.29 is 23.4 Å². The topological polar surface area (TPSA) is 78.7 Å². The van der Waals surface area contributed by atoms with E-state index in [9.17, 15) is 4.79 Å². The molecule has 3 aliphatic rings. The van der Waals surface area contributed by atoms with Gasteiger partial charge in [-0.25, -0.2) is 14.5 Å². The fourth-order valence-corrected chi connectivity index (χ4v) is 4.29. The van der Waals surface area contributed by atoms with Crippen molar-refractivity contribution in [3.63, 3.8) is 0 Å². The number of carbonyl (C=O) groups is 1. The van der Waals surface area contributed by atoms with E-state index in [1.165, 1.54) is 0 Å². The van der Waals surface area contributed by atoms with E-state index in [0.717, 1.165) is 19.4 Å². The number of halogens is 1. The summed E-state index contributed by atoms with van der Waals surface area (Å²) < 4.78 is 33.3. The summed E-state index contributed by atoms with van der Waals surface area (Å²) in [5.41, 5.74) is 0.520. The predicted molar refractivity (Wildman–Crippen MR) is 102 cm³/mol. The van der Waals surface area contributed by atoms with Crippen molar-refractivity contribution in [2.24, 2.45) is 0 Å². The van der Waals surface area contributed by atoms with E-state index in [1.807, 2.05) is 6.92 Å². The van der Waals surface area contributed by atoms with Crippen LogP contribution >= 0.6 is 0 Å². The Kier molecular flexibility index (Phi) is 4.42. The summed E-state index contributed by atoms with van der Waals surface area (Å²) in [6.07, 6.45) is 1.84. The Morgan fingerprint density at radius 2 is 2.28 bits per heavy atom. The number of ether oxygens (including phenoxy) is 3. The maximum absolute atomic E-state index is 15.1. The van der Waals surface area contributed by atoms with Gasteiger partial charge in [-0.05, 0) is 32.4 Å². The first kappa shape index (κ1) is 18.4. The quantitative estimate of drug-likeness (QED) is 0.574. The van der Waals surface area contributed by atoms with Gasteiger partial charge in [-0.2, -0.15) is 9.49 Å². The number of aryl methyl sites for hydroxylation is 1. The minimum atomic E-state index is -0.666. The molecule has 0 unspecified atom stereocenters. The highest BCUT2D eigenvalue weighted by molar-refractivity contribution is 5.99. The van der Waals surface area contributed by atoms with Gasteiger partial charge in [0, 0.05) is 19.5 Å². The van der Waals surface area contributed by atoms with E-state index in [1.54, 1.807) is 23.7 Å². The Bertz CT molecular complexity index is 962. The lowest BCUT2D eigenvalue weighted by molar-refractivity contribution is 0.0515. The normalized spacial score (nSPS) is 25.1. The second-order valence-electron chi connectivity index (χ2n) is 7.69. The molecule has 2 aromatic heterocycles. The molecule has 2 bridgehead atoms. The number of carbonyl (C=O) groups excluding carboxylic acids is 1. The summed E-state index contributed by atoms with van der Waals surface area (Å²) in [5, 5.41) is 4.46. The SMILES string of the molecule is CCOC(=O)c1c(-c2ccc(N3C[C@@H]4C[C@H]3CO4)nc2F)nn2c1O[C@H](C)CC2. The van der Waals surface area contributed by atoms with Crippen molar-refractivity contribution in [1.29, 1.82) is 0 Å². The van der Waals surface area contributed by atoms with Crippen LogP contribution in [0, 0.1) is 5.95 Å². The summed E-state index contributed by atoms with van der Waals surface area (Å²) in [4.78, 5) is 18.9. The lowest BCUT2D eigenvalue weighted by Crippen LogP contribution is -2.37. The van der Waals surface area contributed by atoms with Gasteiger partial charge < -0.3 is 19.1 Å². The zero-order valence-corrected chi connectivity index (χ0v) is 16.4. The molecule has 2 fully saturated rings. The third-order valence-corrected chi connectivity index (χ3v) is 5.73. The zero-order valence-electron chi connectivity index (χ0n) is 16.4. The maximum atomic E-state index is 15.1. The molecule has 0 radical (unpaired) electrons. The monoisotopic (exact) mass is 402 g/mol. The molecular formula is C20H23FN4O4. The van der Waals surface area contributed by atoms with Gasteiger partial charge in [0.15, 0.2) is 0 Å². The number of aromatic nitrogens is 3. The Hall–Kier alpha value is -2.68. The molecule has 0 saturated carbocycles. The fraction of sp³-hybridized carbons (Fsp3) is 0.550. The number of nitrogens with zero attached hydrogens (tertiary/aromatic N) is 4. The number of fused-ring (bicyclic) bond motifs is 3. The Labute approximate surface area is 167 Å². The average molecular weight is 402 g/mol. The second kappa shape index (κ2) is 6.98. The molecule has 0 spiro atoms. The van der Waals surface area contributed by atoms with Crippen molar-refractivity contribution in [3.8, 4) is 17.1 Å². The predicted octanol–water partition coefficient (Wildman–Crippen LogP) is 2.41. The van der Waals surface area contributed by atoms with Gasteiger partial charge in [-0.3, -0.25) is 0 Å². The van der Waals surface area contributed by atoms with E-state index < -0.39 is 11.9 Å². The summed E-state index contributed by atoms with van der Waals surface area (Å²) in [7, 11) is 0. The van der Waals surface area contributed by atoms with Crippen molar-refractivity contribution >= 4 is 11.8 Å². The highest BCUT2D eigenvalue weighted by Gasteiger charge is 2.40. The van der Waals surface area contributed by atoms with Crippen molar-refractivity contribution in [2.75, 3.05) is 24.7 Å². The third-order valence-electron chi connectivity index (χ3n) is 5.73. The first-order valence-electron chi connectivity index (χ1n) is 10.0. The van der Waals surface area contributed by atoms with Gasteiger partial charge >= 0.3 is 5.97 Å². The minimum absolute atomic E-state index is 0.0571. The van der Waals surface area contributed by atoms with Gasteiger partial charge in [0.2, 0.25) is 11.8 Å². The molecule has 8 nitrogen and oxygen atoms in total. The number of morpholine rings is 1. The van der Waals surface area contributed by atoms with Crippen molar-refractivity contribution in [2.45, 2.75) is 51.5 Å². The molecule has 5 rings (SSSR count). The van der Waals surface area contributed by atoms with Crippen LogP contribution in [0.15, 0.2) is 12.1 Å². The van der Waals surface area contributed by atoms with Crippen LogP contribution < -0.4 is 9.64 Å². The summed E-state index contributed by atoms with van der Waals surface area (Å²) in [6, 6.07) is 3.64. The number of pyridine rings is 1. The third kappa shape index (κ3) is 3.04. The standard InChI is InChI=1S/C20H23FN4O4/c1-3-27-20(26)16-17(23-25-7-6-11(2)29-19(16)25)14-4-5-15(22-18(14)21)24-9-13-8-12(24)10-28-13/h4-5,11-13H,3,6-10H2,1-2H3/t11-,12+,13+/m1/s1. The van der Waals surface area contributed by atoms with Crippen LogP contribution in [-0.2, 0) is 16.0 Å². The summed E-state index contributed by atoms with van der Waals surface area (Å²) >= 11 is 0.